The molecule has 24 heavy (non-hydrogen) atoms. The third kappa shape index (κ3) is 3.63. The number of hydrogen-bond acceptors (Lipinski definition) is 4. The van der Waals surface area contributed by atoms with Crippen molar-refractivity contribution in [2.45, 2.75) is 5.38 Å². The summed E-state index contributed by atoms with van der Waals surface area (Å²) in [7, 11) is 0. The topological polar surface area (TPSA) is 51.0 Å². The molecule has 0 fully saturated rings. The van der Waals surface area contributed by atoms with Crippen molar-refractivity contribution in [1.82, 2.24) is 10.1 Å². The van der Waals surface area contributed by atoms with Crippen LogP contribution in [0.4, 0.5) is 24.5 Å². The van der Waals surface area contributed by atoms with Gasteiger partial charge in [0.05, 0.1) is 10.7 Å². The molecular formula is C15H7Cl2F3N3O. The Morgan fingerprint density at radius 3 is 2.67 bits per heavy atom. The van der Waals surface area contributed by atoms with E-state index >= 15 is 0 Å². The maximum absolute atomic E-state index is 13.1. The molecule has 0 amide bonds. The highest BCUT2D eigenvalue weighted by molar-refractivity contribution is 6.33. The Balaban J connectivity index is 1.88. The fourth-order valence-corrected chi connectivity index (χ4v) is 2.16. The monoisotopic (exact) mass is 372 g/mol. The fourth-order valence-electron chi connectivity index (χ4n) is 1.87. The largest absolute Gasteiger partial charge is 0.400 e. The summed E-state index contributed by atoms with van der Waals surface area (Å²) in [4.78, 5) is 3.55. The molecule has 0 saturated heterocycles. The second-order valence-corrected chi connectivity index (χ2v) is 5.54. The average molecular weight is 373 g/mol. The normalized spacial score (nSPS) is 11.5. The van der Waals surface area contributed by atoms with Crippen molar-refractivity contribution < 1.29 is 17.7 Å². The second kappa shape index (κ2) is 6.33. The van der Waals surface area contributed by atoms with E-state index in [9.17, 15) is 13.2 Å². The Morgan fingerprint density at radius 1 is 1.21 bits per heavy atom. The highest BCUT2D eigenvalue weighted by Gasteiger charge is 2.35. The van der Waals surface area contributed by atoms with Gasteiger partial charge in [-0.3, -0.25) is 0 Å². The summed E-state index contributed by atoms with van der Waals surface area (Å²) in [6, 6.07) is 11.4. The van der Waals surface area contributed by atoms with Crippen LogP contribution in [0.25, 0.3) is 11.4 Å². The zero-order valence-electron chi connectivity index (χ0n) is 11.7. The summed E-state index contributed by atoms with van der Waals surface area (Å²) in [5, 5.41) is 2.83. The third-order valence-electron chi connectivity index (χ3n) is 2.93. The number of nitrogens with one attached hydrogen (secondary N) is 1. The van der Waals surface area contributed by atoms with Crippen LogP contribution < -0.4 is 5.32 Å². The smallest absolute Gasteiger partial charge is 0.354 e. The van der Waals surface area contributed by atoms with Gasteiger partial charge in [-0.25, -0.2) is 4.39 Å². The first-order valence-electron chi connectivity index (χ1n) is 6.48. The molecule has 3 rings (SSSR count). The van der Waals surface area contributed by atoms with Crippen LogP contribution in [0.15, 0.2) is 40.9 Å². The van der Waals surface area contributed by atoms with E-state index < -0.39 is 17.1 Å². The molecule has 0 saturated carbocycles. The van der Waals surface area contributed by atoms with Crippen LogP contribution in [0.5, 0.6) is 0 Å². The van der Waals surface area contributed by atoms with Gasteiger partial charge in [-0.15, -0.1) is 0 Å². The van der Waals surface area contributed by atoms with Gasteiger partial charge in [-0.2, -0.15) is 13.8 Å². The van der Waals surface area contributed by atoms with Crippen LogP contribution in [-0.4, -0.2) is 10.1 Å². The molecule has 123 valence electrons. The van der Waals surface area contributed by atoms with Crippen LogP contribution in [0.3, 0.4) is 0 Å². The van der Waals surface area contributed by atoms with E-state index in [1.807, 2.05) is 0 Å². The lowest BCUT2D eigenvalue weighted by atomic mass is 10.2. The zero-order valence-corrected chi connectivity index (χ0v) is 13.2. The van der Waals surface area contributed by atoms with Gasteiger partial charge in [0, 0.05) is 17.3 Å². The van der Waals surface area contributed by atoms with E-state index in [0.717, 1.165) is 6.07 Å². The lowest BCUT2D eigenvalue weighted by Gasteiger charge is -2.08. The predicted octanol–water partition coefficient (Wildman–Crippen LogP) is 5.36. The molecular weight excluding hydrogens is 366 g/mol. The van der Waals surface area contributed by atoms with Crippen LogP contribution >= 0.6 is 23.2 Å². The molecule has 4 nitrogen and oxygen atoms in total. The summed E-state index contributed by atoms with van der Waals surface area (Å²) >= 11 is 10.8. The molecule has 2 aromatic carbocycles. The zero-order chi connectivity index (χ0) is 17.3. The lowest BCUT2D eigenvalue weighted by molar-refractivity contribution is 0.0551. The molecule has 0 unspecified atom stereocenters. The van der Waals surface area contributed by atoms with Crippen molar-refractivity contribution in [2.75, 3.05) is 5.32 Å². The molecule has 0 aliphatic rings. The van der Waals surface area contributed by atoms with Crippen LogP contribution in [-0.2, 0) is 5.38 Å². The molecule has 9 heteroatoms. The molecule has 0 aliphatic heterocycles. The molecule has 3 aromatic rings. The minimum atomic E-state index is -3.74. The number of alkyl halides is 3. The van der Waals surface area contributed by atoms with Gasteiger partial charge in [-0.1, -0.05) is 28.9 Å². The Labute approximate surface area is 144 Å². The Hall–Kier alpha value is -2.25. The number of nitrogens with zero attached hydrogens (tertiary/aromatic N) is 2. The molecule has 1 heterocycles. The van der Waals surface area contributed by atoms with Gasteiger partial charge in [-0.05, 0) is 35.9 Å². The highest BCUT2D eigenvalue weighted by atomic mass is 35.5. The van der Waals surface area contributed by atoms with Gasteiger partial charge in [0.1, 0.15) is 5.82 Å². The molecule has 0 bridgehead atoms. The highest BCUT2D eigenvalue weighted by Crippen LogP contribution is 2.33. The number of benzene rings is 2. The second-order valence-electron chi connectivity index (χ2n) is 4.66. The number of rotatable bonds is 4. The first-order chi connectivity index (χ1) is 11.3. The first kappa shape index (κ1) is 16.6. The van der Waals surface area contributed by atoms with Gasteiger partial charge in [0.15, 0.2) is 0 Å². The SMILES string of the molecule is Fc1ccc(Nc2[c]ccc(-c3noc(C(F)(F)Cl)n3)c2)c(Cl)c1. The van der Waals surface area contributed by atoms with Crippen molar-refractivity contribution >= 4 is 34.6 Å². The van der Waals surface area contributed by atoms with Gasteiger partial charge in [0.25, 0.3) is 0 Å². The molecule has 1 aromatic heterocycles. The molecule has 0 atom stereocenters. The molecule has 0 spiro atoms. The first-order valence-corrected chi connectivity index (χ1v) is 7.23. The molecule has 1 radical (unpaired) electrons. The standard InChI is InChI=1S/C15H7Cl2F3N3O/c16-11-7-9(18)4-5-12(11)21-10-3-1-2-8(6-10)13-22-14(24-23-13)15(17,19)20/h1-2,4-7,21H. The van der Waals surface area contributed by atoms with Crippen LogP contribution in [0.1, 0.15) is 5.89 Å². The van der Waals surface area contributed by atoms with Crippen molar-refractivity contribution in [3.8, 4) is 11.4 Å². The summed E-state index contributed by atoms with van der Waals surface area (Å²) in [5.41, 5.74) is 1.29. The number of anilines is 2. The Morgan fingerprint density at radius 2 is 2.00 bits per heavy atom. The van der Waals surface area contributed by atoms with E-state index in [-0.39, 0.29) is 10.8 Å². The quantitative estimate of drug-likeness (QED) is 0.626. The van der Waals surface area contributed by atoms with Crippen molar-refractivity contribution in [2.24, 2.45) is 0 Å². The van der Waals surface area contributed by atoms with E-state index in [4.69, 9.17) is 23.2 Å². The van der Waals surface area contributed by atoms with Crippen LogP contribution in [0.2, 0.25) is 5.02 Å². The van der Waals surface area contributed by atoms with Gasteiger partial charge >= 0.3 is 11.3 Å². The van der Waals surface area contributed by atoms with Crippen LogP contribution in [0, 0.1) is 11.9 Å². The van der Waals surface area contributed by atoms with Crippen molar-refractivity contribution in [3.63, 3.8) is 0 Å². The third-order valence-corrected chi connectivity index (χ3v) is 3.40. The number of halogens is 5. The summed E-state index contributed by atoms with van der Waals surface area (Å²) in [5.74, 6) is -1.53. The Bertz CT molecular complexity index is 880. The maximum Gasteiger partial charge on any atom is 0.400 e. The van der Waals surface area contributed by atoms with Crippen molar-refractivity contribution in [1.29, 1.82) is 0 Å². The number of hydrogen-bond donors (Lipinski definition) is 1. The van der Waals surface area contributed by atoms with E-state index in [1.54, 1.807) is 12.1 Å². The lowest BCUT2D eigenvalue weighted by Crippen LogP contribution is -2.03. The van der Waals surface area contributed by atoms with Gasteiger partial charge in [0.2, 0.25) is 5.82 Å². The summed E-state index contributed by atoms with van der Waals surface area (Å²) in [6.45, 7) is 0. The maximum atomic E-state index is 13.1. The summed E-state index contributed by atoms with van der Waals surface area (Å²) in [6.07, 6.45) is 0. The minimum absolute atomic E-state index is 0.0624. The molecule has 1 N–H and O–H groups in total. The predicted molar refractivity (Wildman–Crippen MR) is 83.0 cm³/mol. The van der Waals surface area contributed by atoms with E-state index in [1.165, 1.54) is 18.2 Å². The number of aromatic nitrogens is 2. The fraction of sp³-hybridized carbons (Fsp3) is 0.0667. The minimum Gasteiger partial charge on any atom is -0.354 e. The average Bonchev–Trinajstić information content (AvgIpc) is 3.01. The summed E-state index contributed by atoms with van der Waals surface area (Å²) < 4.78 is 43.4. The van der Waals surface area contributed by atoms with E-state index in [2.05, 4.69) is 26.0 Å². The van der Waals surface area contributed by atoms with Gasteiger partial charge < -0.3 is 9.84 Å². The van der Waals surface area contributed by atoms with E-state index in [0.29, 0.717) is 16.9 Å². The van der Waals surface area contributed by atoms with Crippen molar-refractivity contribution in [3.05, 3.63) is 59.2 Å². The Kier molecular flexibility index (Phi) is 4.38. The molecule has 0 aliphatic carbocycles.